The van der Waals surface area contributed by atoms with Crippen molar-refractivity contribution in [1.82, 2.24) is 15.5 Å². The molecule has 0 aromatic carbocycles. The van der Waals surface area contributed by atoms with E-state index in [2.05, 4.69) is 20.9 Å². The Hall–Kier alpha value is 0.944. The van der Waals surface area contributed by atoms with Crippen molar-refractivity contribution >= 4 is 0 Å². The van der Waals surface area contributed by atoms with Crippen molar-refractivity contribution in [3.8, 4) is 0 Å². The van der Waals surface area contributed by atoms with E-state index < -0.39 is 0 Å². The molecule has 0 aromatic heterocycles. The van der Waals surface area contributed by atoms with Gasteiger partial charge in [-0.25, -0.2) is 0 Å². The van der Waals surface area contributed by atoms with E-state index >= 15 is 0 Å². The molecule has 0 aliphatic carbocycles. The predicted molar refractivity (Wildman–Crippen MR) is 58.4 cm³/mol. The maximum atomic E-state index is 4.11. The van der Waals surface area contributed by atoms with Crippen LogP contribution in [0.2, 0.25) is 0 Å². The Morgan fingerprint density at radius 1 is 1.00 bits per heavy atom. The fourth-order valence-corrected chi connectivity index (χ4v) is 1.12. The standard InChI is InChI=1S/C9H23N4.Y/c1-10-4-7-13(8-5-11-2)9-6-12-3;/h10-11H,4-9H2,1-3H3;/q-1;. The Kier molecular flexibility index (Phi) is 17.3. The molecule has 0 heterocycles. The van der Waals surface area contributed by atoms with Gasteiger partial charge in [-0.05, 0) is 20.6 Å². The molecule has 0 rings (SSSR count). The molecule has 0 amide bonds. The maximum Gasteiger partial charge on any atom is 0.0107 e. The molecule has 14 heavy (non-hydrogen) atoms. The van der Waals surface area contributed by atoms with Crippen LogP contribution in [0.1, 0.15) is 0 Å². The summed E-state index contributed by atoms with van der Waals surface area (Å²) in [6, 6.07) is 0. The molecule has 4 nitrogen and oxygen atoms in total. The van der Waals surface area contributed by atoms with Gasteiger partial charge in [0.1, 0.15) is 0 Å². The van der Waals surface area contributed by atoms with E-state index in [1.54, 1.807) is 0 Å². The van der Waals surface area contributed by atoms with Gasteiger partial charge in [0.05, 0.1) is 0 Å². The molecule has 0 aromatic rings. The zero-order valence-corrected chi connectivity index (χ0v) is 12.6. The topological polar surface area (TPSA) is 41.4 Å². The van der Waals surface area contributed by atoms with Crippen LogP contribution in [0.5, 0.6) is 0 Å². The Morgan fingerprint density at radius 3 is 1.86 bits per heavy atom. The van der Waals surface area contributed by atoms with Crippen LogP contribution in [-0.2, 0) is 32.7 Å². The maximum absolute atomic E-state index is 4.11. The molecule has 1 radical (unpaired) electrons. The molecule has 0 unspecified atom stereocenters. The number of nitrogens with zero attached hydrogens (tertiary/aromatic N) is 2. The van der Waals surface area contributed by atoms with E-state index in [0.29, 0.717) is 0 Å². The molecule has 0 atom stereocenters. The van der Waals surface area contributed by atoms with Crippen LogP contribution >= 0.6 is 0 Å². The van der Waals surface area contributed by atoms with Gasteiger partial charge in [-0.3, -0.25) is 0 Å². The Bertz CT molecular complexity index is 83.8. The SMILES string of the molecule is C[N-]CCN(CCNC)CCNC.[Y]. The quantitative estimate of drug-likeness (QED) is 0.609. The molecule has 0 fully saturated rings. The van der Waals surface area contributed by atoms with Gasteiger partial charge in [-0.2, -0.15) is 7.05 Å². The minimum absolute atomic E-state index is 0. The van der Waals surface area contributed by atoms with Gasteiger partial charge in [0.25, 0.3) is 0 Å². The summed E-state index contributed by atoms with van der Waals surface area (Å²) in [6.45, 7) is 6.32. The molecule has 0 spiro atoms. The second-order valence-electron chi connectivity index (χ2n) is 3.09. The van der Waals surface area contributed by atoms with Gasteiger partial charge in [0.2, 0.25) is 0 Å². The molecule has 0 aliphatic heterocycles. The third-order valence-electron chi connectivity index (χ3n) is 2.00. The van der Waals surface area contributed by atoms with Crippen LogP contribution in [0, 0.1) is 0 Å². The Morgan fingerprint density at radius 2 is 1.50 bits per heavy atom. The van der Waals surface area contributed by atoms with Crippen molar-refractivity contribution in [3.05, 3.63) is 5.32 Å². The molecule has 0 saturated carbocycles. The average Bonchev–Trinajstić information content (AvgIpc) is 2.17. The van der Waals surface area contributed by atoms with E-state index in [-0.39, 0.29) is 32.7 Å². The zero-order chi connectivity index (χ0) is 9.94. The largest absolute Gasteiger partial charge is 0.664 e. The van der Waals surface area contributed by atoms with Crippen LogP contribution in [0.25, 0.3) is 5.32 Å². The van der Waals surface area contributed by atoms with Crippen LogP contribution in [0.15, 0.2) is 0 Å². The third kappa shape index (κ3) is 11.0. The van der Waals surface area contributed by atoms with E-state index in [1.807, 2.05) is 21.1 Å². The minimum Gasteiger partial charge on any atom is -0.664 e. The van der Waals surface area contributed by atoms with Crippen LogP contribution in [0.3, 0.4) is 0 Å². The van der Waals surface area contributed by atoms with Crippen molar-refractivity contribution < 1.29 is 32.7 Å². The second-order valence-corrected chi connectivity index (χ2v) is 3.09. The molecular formula is C9H23N4Y-. The monoisotopic (exact) mass is 276 g/mol. The summed E-state index contributed by atoms with van der Waals surface area (Å²) in [6.07, 6.45) is 0. The summed E-state index contributed by atoms with van der Waals surface area (Å²) in [7, 11) is 5.84. The van der Waals surface area contributed by atoms with Crippen molar-refractivity contribution in [2.45, 2.75) is 0 Å². The Labute approximate surface area is 113 Å². The number of hydrogen-bond acceptors (Lipinski definition) is 3. The van der Waals surface area contributed by atoms with Gasteiger partial charge >= 0.3 is 0 Å². The number of likely N-dealkylation sites (N-methyl/N-ethyl adjacent to an activating group) is 3. The smallest absolute Gasteiger partial charge is 0.0107 e. The summed E-state index contributed by atoms with van der Waals surface area (Å²) >= 11 is 0. The van der Waals surface area contributed by atoms with Crippen LogP contribution in [-0.4, -0.2) is 65.3 Å². The van der Waals surface area contributed by atoms with Gasteiger partial charge in [0.15, 0.2) is 0 Å². The average molecular weight is 276 g/mol. The van der Waals surface area contributed by atoms with E-state index in [1.165, 1.54) is 0 Å². The first-order valence-electron chi connectivity index (χ1n) is 4.92. The summed E-state index contributed by atoms with van der Waals surface area (Å²) in [5.74, 6) is 0. The van der Waals surface area contributed by atoms with Gasteiger partial charge < -0.3 is 20.9 Å². The number of rotatable bonds is 9. The van der Waals surface area contributed by atoms with Crippen LogP contribution in [0.4, 0.5) is 0 Å². The van der Waals surface area contributed by atoms with E-state index in [9.17, 15) is 0 Å². The number of hydrogen-bond donors (Lipinski definition) is 2. The first-order valence-corrected chi connectivity index (χ1v) is 4.92. The van der Waals surface area contributed by atoms with Gasteiger partial charge in [-0.1, -0.05) is 0 Å². The van der Waals surface area contributed by atoms with Crippen molar-refractivity contribution in [3.63, 3.8) is 0 Å². The molecule has 0 saturated heterocycles. The summed E-state index contributed by atoms with van der Waals surface area (Å²) in [4.78, 5) is 2.42. The molecule has 0 aliphatic rings. The van der Waals surface area contributed by atoms with E-state index in [0.717, 1.165) is 39.3 Å². The third-order valence-corrected chi connectivity index (χ3v) is 2.00. The molecule has 5 heteroatoms. The zero-order valence-electron chi connectivity index (χ0n) is 9.71. The molecule has 0 bridgehead atoms. The first-order chi connectivity index (χ1) is 6.35. The number of nitrogens with one attached hydrogen (secondary N) is 2. The Balaban J connectivity index is 0. The molecular weight excluding hydrogens is 253 g/mol. The predicted octanol–water partition coefficient (Wildman–Crippen LogP) is -0.272. The molecule has 83 valence electrons. The van der Waals surface area contributed by atoms with Crippen molar-refractivity contribution in [2.75, 3.05) is 60.4 Å². The molecule has 2 N–H and O–H groups in total. The second kappa shape index (κ2) is 13.9. The van der Waals surface area contributed by atoms with Crippen molar-refractivity contribution in [2.24, 2.45) is 0 Å². The van der Waals surface area contributed by atoms with Crippen molar-refractivity contribution in [1.29, 1.82) is 0 Å². The summed E-state index contributed by atoms with van der Waals surface area (Å²) in [5, 5.41) is 10.4. The summed E-state index contributed by atoms with van der Waals surface area (Å²) < 4.78 is 0. The van der Waals surface area contributed by atoms with Gasteiger partial charge in [0, 0.05) is 58.9 Å². The van der Waals surface area contributed by atoms with Crippen LogP contribution < -0.4 is 10.6 Å². The minimum atomic E-state index is 0. The van der Waals surface area contributed by atoms with E-state index in [4.69, 9.17) is 0 Å². The van der Waals surface area contributed by atoms with Gasteiger partial charge in [-0.15, -0.1) is 6.54 Å². The summed E-state index contributed by atoms with van der Waals surface area (Å²) in [5.41, 5.74) is 0. The normalized spacial score (nSPS) is 10.3. The fraction of sp³-hybridized carbons (Fsp3) is 1.00. The fourth-order valence-electron chi connectivity index (χ4n) is 1.12. The first kappa shape index (κ1) is 17.3.